The molecule has 0 aliphatic carbocycles. The van der Waals surface area contributed by atoms with Crippen LogP contribution in [0.3, 0.4) is 0 Å². The lowest BCUT2D eigenvalue weighted by molar-refractivity contribution is -0.134. The number of hydrogen-bond acceptors (Lipinski definition) is 4. The van der Waals surface area contributed by atoms with Crippen LogP contribution in [-0.2, 0) is 11.3 Å². The third kappa shape index (κ3) is 2.95. The van der Waals surface area contributed by atoms with E-state index in [1.807, 2.05) is 0 Å². The number of aliphatic hydroxyl groups excluding tert-OH is 1. The topological polar surface area (TPSA) is 75.4 Å². The molecule has 98 valence electrons. The highest BCUT2D eigenvalue weighted by Gasteiger charge is 2.23. The number of hydrogen-bond donors (Lipinski definition) is 1. The van der Waals surface area contributed by atoms with Gasteiger partial charge in [0.15, 0.2) is 0 Å². The predicted molar refractivity (Wildman–Crippen MR) is 64.9 cm³/mol. The molecule has 18 heavy (non-hydrogen) atoms. The van der Waals surface area contributed by atoms with Crippen LogP contribution in [0.2, 0.25) is 0 Å². The molecular formula is C12H17N3O3. The Hall–Kier alpha value is -1.69. The lowest BCUT2D eigenvalue weighted by atomic mass is 9.99. The molecule has 6 heteroatoms. The molecule has 1 saturated heterocycles. The van der Waals surface area contributed by atoms with Crippen molar-refractivity contribution >= 4 is 5.91 Å². The summed E-state index contributed by atoms with van der Waals surface area (Å²) in [5.41, 5.74) is -0.415. The number of carbonyl (C=O) groups is 1. The van der Waals surface area contributed by atoms with Crippen molar-refractivity contribution in [3.63, 3.8) is 0 Å². The first-order valence-corrected chi connectivity index (χ1v) is 6.11. The second kappa shape index (κ2) is 5.77. The van der Waals surface area contributed by atoms with Crippen molar-refractivity contribution in [2.45, 2.75) is 19.4 Å². The highest BCUT2D eigenvalue weighted by Crippen LogP contribution is 2.15. The zero-order valence-electron chi connectivity index (χ0n) is 10.2. The van der Waals surface area contributed by atoms with Crippen LogP contribution in [0.15, 0.2) is 23.3 Å². The monoisotopic (exact) mass is 251 g/mol. The first kappa shape index (κ1) is 12.8. The minimum absolute atomic E-state index is 0.0187. The molecule has 1 aromatic heterocycles. The second-order valence-electron chi connectivity index (χ2n) is 4.56. The van der Waals surface area contributed by atoms with E-state index in [1.54, 1.807) is 17.2 Å². The van der Waals surface area contributed by atoms with Crippen LogP contribution in [-0.4, -0.2) is 45.2 Å². The molecule has 0 radical (unpaired) electrons. The zero-order valence-corrected chi connectivity index (χ0v) is 10.2. The summed E-state index contributed by atoms with van der Waals surface area (Å²) in [6.45, 7) is 1.40. The molecule has 0 saturated carbocycles. The Balaban J connectivity index is 2.00. The molecule has 0 aromatic carbocycles. The van der Waals surface area contributed by atoms with Gasteiger partial charge in [0.1, 0.15) is 6.54 Å². The van der Waals surface area contributed by atoms with Gasteiger partial charge in [-0.2, -0.15) is 0 Å². The van der Waals surface area contributed by atoms with Gasteiger partial charge in [-0.1, -0.05) is 0 Å². The Bertz CT molecular complexity index is 472. The maximum Gasteiger partial charge on any atom is 0.347 e. The number of rotatable bonds is 3. The minimum Gasteiger partial charge on any atom is -0.396 e. The average molecular weight is 251 g/mol. The van der Waals surface area contributed by atoms with Gasteiger partial charge < -0.3 is 10.0 Å². The second-order valence-corrected chi connectivity index (χ2v) is 4.56. The normalized spacial score (nSPS) is 19.8. The standard InChI is InChI=1S/C12H17N3O3/c16-9-10-3-1-5-14(7-10)11(17)8-15-6-2-4-13-12(15)18/h2,4,6,10,16H,1,3,5,7-9H2. The third-order valence-electron chi connectivity index (χ3n) is 3.22. The van der Waals surface area contributed by atoms with E-state index < -0.39 is 5.69 Å². The number of amides is 1. The summed E-state index contributed by atoms with van der Waals surface area (Å²) in [6, 6.07) is 1.63. The molecule has 1 aromatic rings. The van der Waals surface area contributed by atoms with Crippen molar-refractivity contribution in [1.29, 1.82) is 0 Å². The summed E-state index contributed by atoms with van der Waals surface area (Å²) in [4.78, 5) is 28.8. The van der Waals surface area contributed by atoms with Crippen molar-refractivity contribution < 1.29 is 9.90 Å². The van der Waals surface area contributed by atoms with E-state index in [0.717, 1.165) is 12.8 Å². The fourth-order valence-corrected chi connectivity index (χ4v) is 2.19. The Labute approximate surface area is 105 Å². The number of piperidine rings is 1. The van der Waals surface area contributed by atoms with Gasteiger partial charge in [0.05, 0.1) is 0 Å². The molecule has 2 heterocycles. The van der Waals surface area contributed by atoms with Crippen LogP contribution in [0, 0.1) is 5.92 Å². The molecule has 1 aliphatic heterocycles. The summed E-state index contributed by atoms with van der Waals surface area (Å²) in [5, 5.41) is 9.12. The van der Waals surface area contributed by atoms with Gasteiger partial charge in [0, 0.05) is 32.1 Å². The van der Waals surface area contributed by atoms with E-state index in [2.05, 4.69) is 4.98 Å². The molecule has 1 amide bonds. The summed E-state index contributed by atoms with van der Waals surface area (Å²) in [5.74, 6) is 0.0663. The number of aromatic nitrogens is 2. The van der Waals surface area contributed by atoms with Crippen molar-refractivity contribution in [2.75, 3.05) is 19.7 Å². The van der Waals surface area contributed by atoms with Crippen LogP contribution in [0.1, 0.15) is 12.8 Å². The Morgan fingerprint density at radius 3 is 3.11 bits per heavy atom. The van der Waals surface area contributed by atoms with Gasteiger partial charge in [0.2, 0.25) is 5.91 Å². The van der Waals surface area contributed by atoms with E-state index in [4.69, 9.17) is 5.11 Å². The van der Waals surface area contributed by atoms with Gasteiger partial charge in [-0.25, -0.2) is 9.78 Å². The molecule has 0 bridgehead atoms. The molecule has 1 aliphatic rings. The number of likely N-dealkylation sites (tertiary alicyclic amines) is 1. The summed E-state index contributed by atoms with van der Waals surface area (Å²) >= 11 is 0. The van der Waals surface area contributed by atoms with E-state index in [1.165, 1.54) is 10.8 Å². The van der Waals surface area contributed by atoms with Gasteiger partial charge in [-0.05, 0) is 24.8 Å². The molecule has 1 unspecified atom stereocenters. The van der Waals surface area contributed by atoms with E-state index >= 15 is 0 Å². The maximum absolute atomic E-state index is 12.0. The van der Waals surface area contributed by atoms with Crippen molar-refractivity contribution in [3.05, 3.63) is 28.9 Å². The van der Waals surface area contributed by atoms with Crippen LogP contribution < -0.4 is 5.69 Å². The quantitative estimate of drug-likeness (QED) is 0.784. The van der Waals surface area contributed by atoms with Gasteiger partial charge in [-0.3, -0.25) is 9.36 Å². The molecule has 0 spiro atoms. The summed E-state index contributed by atoms with van der Waals surface area (Å²) in [7, 11) is 0. The minimum atomic E-state index is -0.415. The predicted octanol–water partition coefficient (Wildman–Crippen LogP) is -0.526. The van der Waals surface area contributed by atoms with Crippen LogP contribution in [0.25, 0.3) is 0 Å². The number of nitrogens with zero attached hydrogens (tertiary/aromatic N) is 3. The smallest absolute Gasteiger partial charge is 0.347 e. The van der Waals surface area contributed by atoms with Crippen molar-refractivity contribution in [1.82, 2.24) is 14.5 Å². The fourth-order valence-electron chi connectivity index (χ4n) is 2.19. The van der Waals surface area contributed by atoms with E-state index in [9.17, 15) is 9.59 Å². The third-order valence-corrected chi connectivity index (χ3v) is 3.22. The highest BCUT2D eigenvalue weighted by atomic mass is 16.3. The molecule has 1 atom stereocenters. The lowest BCUT2D eigenvalue weighted by Gasteiger charge is -2.31. The summed E-state index contributed by atoms with van der Waals surface area (Å²) < 4.78 is 1.30. The largest absolute Gasteiger partial charge is 0.396 e. The molecule has 6 nitrogen and oxygen atoms in total. The van der Waals surface area contributed by atoms with Gasteiger partial charge in [-0.15, -0.1) is 0 Å². The number of carbonyl (C=O) groups excluding carboxylic acids is 1. The van der Waals surface area contributed by atoms with Crippen LogP contribution >= 0.6 is 0 Å². The van der Waals surface area contributed by atoms with E-state index in [-0.39, 0.29) is 25.0 Å². The zero-order chi connectivity index (χ0) is 13.0. The van der Waals surface area contributed by atoms with Crippen molar-refractivity contribution in [2.24, 2.45) is 5.92 Å². The van der Waals surface area contributed by atoms with Crippen LogP contribution in [0.4, 0.5) is 0 Å². The lowest BCUT2D eigenvalue weighted by Crippen LogP contribution is -2.43. The molecular weight excluding hydrogens is 234 g/mol. The van der Waals surface area contributed by atoms with Crippen LogP contribution in [0.5, 0.6) is 0 Å². The summed E-state index contributed by atoms with van der Waals surface area (Å²) in [6.07, 6.45) is 4.82. The molecule has 2 rings (SSSR count). The Kier molecular flexibility index (Phi) is 4.09. The Morgan fingerprint density at radius 1 is 1.56 bits per heavy atom. The highest BCUT2D eigenvalue weighted by molar-refractivity contribution is 5.76. The van der Waals surface area contributed by atoms with E-state index in [0.29, 0.717) is 13.1 Å². The fraction of sp³-hybridized carbons (Fsp3) is 0.583. The molecule has 1 N–H and O–H groups in total. The maximum atomic E-state index is 12.0. The Morgan fingerprint density at radius 2 is 2.39 bits per heavy atom. The van der Waals surface area contributed by atoms with Crippen molar-refractivity contribution in [3.8, 4) is 0 Å². The van der Waals surface area contributed by atoms with Gasteiger partial charge >= 0.3 is 5.69 Å². The number of aliphatic hydroxyl groups is 1. The average Bonchev–Trinajstić information content (AvgIpc) is 2.41. The SMILES string of the molecule is O=C(Cn1cccnc1=O)N1CCCC(CO)C1. The van der Waals surface area contributed by atoms with Gasteiger partial charge in [0.25, 0.3) is 0 Å². The first-order valence-electron chi connectivity index (χ1n) is 6.11. The molecule has 1 fully saturated rings. The first-order chi connectivity index (χ1) is 8.70.